The van der Waals surface area contributed by atoms with Crippen LogP contribution in [0.4, 0.5) is 0 Å². The third kappa shape index (κ3) is 2.72. The van der Waals surface area contributed by atoms with E-state index in [0.717, 1.165) is 12.8 Å². The third-order valence-electron chi connectivity index (χ3n) is 3.77. The van der Waals surface area contributed by atoms with Gasteiger partial charge in [-0.05, 0) is 25.7 Å². The van der Waals surface area contributed by atoms with Crippen LogP contribution in [-0.2, 0) is 9.59 Å². The zero-order chi connectivity index (χ0) is 13.1. The number of aliphatic hydroxyl groups excluding tert-OH is 1. The van der Waals surface area contributed by atoms with E-state index in [1.807, 2.05) is 12.2 Å². The number of β-amino-alcohol motifs (C(OH)–C–C–N with tert-alkyl or cyclic N) is 1. The Balaban J connectivity index is 2.06. The Bertz CT molecular complexity index is 366. The van der Waals surface area contributed by atoms with E-state index < -0.39 is 23.9 Å². The topological polar surface area (TPSA) is 77.8 Å². The quantitative estimate of drug-likeness (QED) is 0.708. The van der Waals surface area contributed by atoms with Crippen LogP contribution in [0.1, 0.15) is 25.7 Å². The lowest BCUT2D eigenvalue weighted by Crippen LogP contribution is -2.47. The minimum absolute atomic E-state index is 0.120. The fourth-order valence-electron chi connectivity index (χ4n) is 2.75. The number of carboxylic acid groups (broad SMARTS) is 1. The number of carbonyl (C=O) groups is 2. The summed E-state index contributed by atoms with van der Waals surface area (Å²) in [5, 5.41) is 18.7. The minimum atomic E-state index is -0.907. The third-order valence-corrected chi connectivity index (χ3v) is 3.77. The Hall–Kier alpha value is -1.36. The molecule has 2 rings (SSSR count). The fourth-order valence-corrected chi connectivity index (χ4v) is 2.75. The lowest BCUT2D eigenvalue weighted by Gasteiger charge is -2.35. The van der Waals surface area contributed by atoms with E-state index in [2.05, 4.69) is 0 Å². The van der Waals surface area contributed by atoms with Gasteiger partial charge in [-0.2, -0.15) is 0 Å². The highest BCUT2D eigenvalue weighted by Gasteiger charge is 2.37. The number of aliphatic hydroxyl groups is 1. The SMILES string of the molecule is O=C(O)[C@H]1CC=CC[C@H]1C(=O)N1CCC[C@H](O)C1. The first-order chi connectivity index (χ1) is 8.59. The van der Waals surface area contributed by atoms with Crippen LogP contribution in [0, 0.1) is 11.8 Å². The second kappa shape index (κ2) is 5.52. The van der Waals surface area contributed by atoms with Crippen molar-refractivity contribution in [2.45, 2.75) is 31.8 Å². The smallest absolute Gasteiger partial charge is 0.307 e. The van der Waals surface area contributed by atoms with Gasteiger partial charge in [0.05, 0.1) is 17.9 Å². The van der Waals surface area contributed by atoms with Gasteiger partial charge in [0.1, 0.15) is 0 Å². The molecule has 0 unspecified atom stereocenters. The van der Waals surface area contributed by atoms with Crippen LogP contribution in [0.15, 0.2) is 12.2 Å². The molecule has 5 heteroatoms. The molecule has 18 heavy (non-hydrogen) atoms. The molecule has 2 N–H and O–H groups in total. The number of likely N-dealkylation sites (tertiary alicyclic amines) is 1. The molecule has 0 saturated carbocycles. The van der Waals surface area contributed by atoms with E-state index in [-0.39, 0.29) is 5.91 Å². The average molecular weight is 253 g/mol. The molecular weight excluding hydrogens is 234 g/mol. The van der Waals surface area contributed by atoms with E-state index >= 15 is 0 Å². The molecule has 1 aliphatic heterocycles. The number of amides is 1. The van der Waals surface area contributed by atoms with Crippen molar-refractivity contribution in [2.75, 3.05) is 13.1 Å². The molecule has 1 amide bonds. The normalized spacial score (nSPS) is 32.3. The van der Waals surface area contributed by atoms with Crippen LogP contribution >= 0.6 is 0 Å². The largest absolute Gasteiger partial charge is 0.481 e. The lowest BCUT2D eigenvalue weighted by atomic mass is 9.82. The highest BCUT2D eigenvalue weighted by molar-refractivity contribution is 5.85. The van der Waals surface area contributed by atoms with Gasteiger partial charge in [-0.1, -0.05) is 12.2 Å². The van der Waals surface area contributed by atoms with Crippen molar-refractivity contribution in [1.29, 1.82) is 0 Å². The summed E-state index contributed by atoms with van der Waals surface area (Å²) in [5.41, 5.74) is 0. The van der Waals surface area contributed by atoms with Gasteiger partial charge in [0.2, 0.25) is 5.91 Å². The summed E-state index contributed by atoms with van der Waals surface area (Å²) >= 11 is 0. The van der Waals surface area contributed by atoms with E-state index in [9.17, 15) is 14.7 Å². The molecule has 1 fully saturated rings. The molecule has 0 radical (unpaired) electrons. The number of nitrogens with zero attached hydrogens (tertiary/aromatic N) is 1. The number of piperidine rings is 1. The summed E-state index contributed by atoms with van der Waals surface area (Å²) in [6.45, 7) is 0.966. The zero-order valence-electron chi connectivity index (χ0n) is 10.3. The maximum absolute atomic E-state index is 12.3. The summed E-state index contributed by atoms with van der Waals surface area (Å²) in [5.74, 6) is -2.12. The number of hydrogen-bond donors (Lipinski definition) is 2. The summed E-state index contributed by atoms with van der Waals surface area (Å²) in [6, 6.07) is 0. The van der Waals surface area contributed by atoms with Gasteiger partial charge in [-0.25, -0.2) is 0 Å². The number of aliphatic carboxylic acids is 1. The first kappa shape index (κ1) is 13.1. The molecule has 1 heterocycles. The lowest BCUT2D eigenvalue weighted by molar-refractivity contribution is -0.151. The maximum Gasteiger partial charge on any atom is 0.307 e. The Labute approximate surface area is 106 Å². The molecule has 0 aromatic heterocycles. The fraction of sp³-hybridized carbons (Fsp3) is 0.692. The van der Waals surface area contributed by atoms with Gasteiger partial charge in [0, 0.05) is 13.1 Å². The van der Waals surface area contributed by atoms with Crippen molar-refractivity contribution in [2.24, 2.45) is 11.8 Å². The Kier molecular flexibility index (Phi) is 4.01. The molecule has 0 aromatic carbocycles. The number of carboxylic acids is 1. The molecule has 2 aliphatic rings. The molecule has 3 atom stereocenters. The van der Waals surface area contributed by atoms with Crippen LogP contribution < -0.4 is 0 Å². The van der Waals surface area contributed by atoms with Gasteiger partial charge < -0.3 is 15.1 Å². The van der Waals surface area contributed by atoms with Crippen LogP contribution in [-0.4, -0.2) is 46.2 Å². The summed E-state index contributed by atoms with van der Waals surface area (Å²) in [4.78, 5) is 25.1. The maximum atomic E-state index is 12.3. The number of rotatable bonds is 2. The molecule has 5 nitrogen and oxygen atoms in total. The monoisotopic (exact) mass is 253 g/mol. The number of carbonyl (C=O) groups excluding carboxylic acids is 1. The Morgan fingerprint density at radius 2 is 1.83 bits per heavy atom. The van der Waals surface area contributed by atoms with Crippen molar-refractivity contribution in [3.63, 3.8) is 0 Å². The van der Waals surface area contributed by atoms with Gasteiger partial charge in [0.15, 0.2) is 0 Å². The molecule has 1 aliphatic carbocycles. The molecule has 100 valence electrons. The molecular formula is C13H19NO4. The highest BCUT2D eigenvalue weighted by Crippen LogP contribution is 2.28. The number of allylic oxidation sites excluding steroid dienone is 2. The first-order valence-electron chi connectivity index (χ1n) is 6.44. The van der Waals surface area contributed by atoms with Crippen LogP contribution in [0.2, 0.25) is 0 Å². The molecule has 0 spiro atoms. The Morgan fingerprint density at radius 3 is 2.44 bits per heavy atom. The van der Waals surface area contributed by atoms with Crippen LogP contribution in [0.25, 0.3) is 0 Å². The number of hydrogen-bond acceptors (Lipinski definition) is 3. The van der Waals surface area contributed by atoms with Crippen molar-refractivity contribution in [3.05, 3.63) is 12.2 Å². The van der Waals surface area contributed by atoms with E-state index in [4.69, 9.17) is 5.11 Å². The second-order valence-corrected chi connectivity index (χ2v) is 5.07. The van der Waals surface area contributed by atoms with Crippen molar-refractivity contribution >= 4 is 11.9 Å². The van der Waals surface area contributed by atoms with Crippen molar-refractivity contribution < 1.29 is 19.8 Å². The van der Waals surface area contributed by atoms with Crippen LogP contribution in [0.5, 0.6) is 0 Å². The van der Waals surface area contributed by atoms with Crippen LogP contribution in [0.3, 0.4) is 0 Å². The molecule has 1 saturated heterocycles. The predicted octanol–water partition coefficient (Wildman–Crippen LogP) is 0.637. The molecule has 0 aromatic rings. The van der Waals surface area contributed by atoms with Gasteiger partial charge >= 0.3 is 5.97 Å². The van der Waals surface area contributed by atoms with E-state index in [1.54, 1.807) is 4.90 Å². The van der Waals surface area contributed by atoms with Gasteiger partial charge in [-0.15, -0.1) is 0 Å². The van der Waals surface area contributed by atoms with E-state index in [0.29, 0.717) is 25.9 Å². The Morgan fingerprint density at radius 1 is 1.17 bits per heavy atom. The summed E-state index contributed by atoms with van der Waals surface area (Å²) in [6.07, 6.45) is 5.65. The van der Waals surface area contributed by atoms with Crippen molar-refractivity contribution in [3.8, 4) is 0 Å². The van der Waals surface area contributed by atoms with Crippen molar-refractivity contribution in [1.82, 2.24) is 4.90 Å². The zero-order valence-corrected chi connectivity index (χ0v) is 10.3. The summed E-state index contributed by atoms with van der Waals surface area (Å²) in [7, 11) is 0. The standard InChI is InChI=1S/C13H19NO4/c15-9-4-3-7-14(8-9)12(16)10-5-1-2-6-11(10)13(17)18/h1-2,9-11,15H,3-8H2,(H,17,18)/t9-,10+,11-/m0/s1. The molecule has 0 bridgehead atoms. The summed E-state index contributed by atoms with van der Waals surface area (Å²) < 4.78 is 0. The predicted molar refractivity (Wildman–Crippen MR) is 64.8 cm³/mol. The van der Waals surface area contributed by atoms with Gasteiger partial charge in [-0.3, -0.25) is 9.59 Å². The first-order valence-corrected chi connectivity index (χ1v) is 6.44. The second-order valence-electron chi connectivity index (χ2n) is 5.07. The minimum Gasteiger partial charge on any atom is -0.481 e. The van der Waals surface area contributed by atoms with E-state index in [1.165, 1.54) is 0 Å². The average Bonchev–Trinajstić information content (AvgIpc) is 2.38. The highest BCUT2D eigenvalue weighted by atomic mass is 16.4. The van der Waals surface area contributed by atoms with Gasteiger partial charge in [0.25, 0.3) is 0 Å².